The molecule has 4 heteroatoms. The minimum absolute atomic E-state index is 0.260. The van der Waals surface area contributed by atoms with Gasteiger partial charge in [0.25, 0.3) is 0 Å². The van der Waals surface area contributed by atoms with Gasteiger partial charge in [0.15, 0.2) is 0 Å². The molecule has 2 nitrogen and oxygen atoms in total. The van der Waals surface area contributed by atoms with Gasteiger partial charge in [0.1, 0.15) is 11.6 Å². The van der Waals surface area contributed by atoms with Crippen LogP contribution >= 0.6 is 11.6 Å². The van der Waals surface area contributed by atoms with Gasteiger partial charge in [-0.15, -0.1) is 0 Å². The quantitative estimate of drug-likeness (QED) is 0.919. The fourth-order valence-electron chi connectivity index (χ4n) is 2.12. The minimum Gasteiger partial charge on any atom is -0.496 e. The molecule has 0 amide bonds. The number of halogens is 2. The molecule has 1 N–H and O–H groups in total. The van der Waals surface area contributed by atoms with Crippen molar-refractivity contribution in [1.82, 2.24) is 5.32 Å². The van der Waals surface area contributed by atoms with Crippen molar-refractivity contribution in [3.8, 4) is 5.75 Å². The number of methoxy groups -OCH3 is 1. The van der Waals surface area contributed by atoms with Gasteiger partial charge in [-0.1, -0.05) is 29.8 Å². The lowest BCUT2D eigenvalue weighted by Gasteiger charge is -2.20. The van der Waals surface area contributed by atoms with Crippen LogP contribution in [0.2, 0.25) is 5.02 Å². The van der Waals surface area contributed by atoms with E-state index in [4.69, 9.17) is 16.3 Å². The van der Waals surface area contributed by atoms with Gasteiger partial charge in [0, 0.05) is 16.1 Å². The Bertz CT molecular complexity index is 574. The average Bonchev–Trinajstić information content (AvgIpc) is 2.42. The molecule has 0 radical (unpaired) electrons. The van der Waals surface area contributed by atoms with E-state index < -0.39 is 0 Å². The van der Waals surface area contributed by atoms with Gasteiger partial charge in [0.2, 0.25) is 0 Å². The van der Waals surface area contributed by atoms with Crippen LogP contribution in [0.4, 0.5) is 4.39 Å². The van der Waals surface area contributed by atoms with Crippen LogP contribution < -0.4 is 10.1 Å². The van der Waals surface area contributed by atoms with Crippen LogP contribution in [0.25, 0.3) is 0 Å². The normalized spacial score (nSPS) is 12.2. The lowest BCUT2D eigenvalue weighted by atomic mass is 9.97. The molecule has 0 aliphatic rings. The lowest BCUT2D eigenvalue weighted by molar-refractivity contribution is 0.404. The molecule has 2 aromatic carbocycles. The van der Waals surface area contributed by atoms with Crippen molar-refractivity contribution in [3.63, 3.8) is 0 Å². The molecule has 2 rings (SSSR count). The van der Waals surface area contributed by atoms with E-state index in [-0.39, 0.29) is 11.9 Å². The molecule has 0 fully saturated rings. The van der Waals surface area contributed by atoms with Crippen molar-refractivity contribution in [1.29, 1.82) is 0 Å². The molecule has 0 aromatic heterocycles. The van der Waals surface area contributed by atoms with Crippen molar-refractivity contribution in [3.05, 3.63) is 64.4 Å². The molecule has 1 unspecified atom stereocenters. The maximum Gasteiger partial charge on any atom is 0.128 e. The molecule has 0 spiro atoms. The first kappa shape index (κ1) is 13.8. The molecule has 19 heavy (non-hydrogen) atoms. The third-order valence-electron chi connectivity index (χ3n) is 3.01. The van der Waals surface area contributed by atoms with E-state index in [0.29, 0.717) is 16.3 Å². The topological polar surface area (TPSA) is 21.3 Å². The summed E-state index contributed by atoms with van der Waals surface area (Å²) >= 11 is 6.03. The molecule has 1 atom stereocenters. The summed E-state index contributed by atoms with van der Waals surface area (Å²) in [5.41, 5.74) is 1.37. The van der Waals surface area contributed by atoms with Crippen LogP contribution in [-0.2, 0) is 0 Å². The highest BCUT2D eigenvalue weighted by Crippen LogP contribution is 2.33. The third-order valence-corrected chi connectivity index (χ3v) is 3.24. The lowest BCUT2D eigenvalue weighted by Crippen LogP contribution is -2.19. The van der Waals surface area contributed by atoms with E-state index in [1.165, 1.54) is 6.07 Å². The maximum atomic E-state index is 13.9. The summed E-state index contributed by atoms with van der Waals surface area (Å²) in [5.74, 6) is 0.413. The van der Waals surface area contributed by atoms with Gasteiger partial charge in [-0.25, -0.2) is 4.39 Å². The zero-order valence-corrected chi connectivity index (χ0v) is 11.5. The van der Waals surface area contributed by atoms with E-state index in [1.54, 1.807) is 50.6 Å². The third kappa shape index (κ3) is 2.88. The minimum atomic E-state index is -0.310. The number of ether oxygens (including phenoxy) is 1. The Kier molecular flexibility index (Phi) is 4.40. The number of nitrogens with one attached hydrogen (secondary N) is 1. The summed E-state index contributed by atoms with van der Waals surface area (Å²) in [7, 11) is 3.36. The molecule has 0 saturated carbocycles. The van der Waals surface area contributed by atoms with Crippen molar-refractivity contribution in [2.45, 2.75) is 6.04 Å². The van der Waals surface area contributed by atoms with E-state index in [1.807, 2.05) is 0 Å². The summed E-state index contributed by atoms with van der Waals surface area (Å²) in [4.78, 5) is 0. The SMILES string of the molecule is CNC(c1ccccc1F)c1cc(Cl)ccc1OC. The van der Waals surface area contributed by atoms with Crippen molar-refractivity contribution >= 4 is 11.6 Å². The van der Waals surface area contributed by atoms with E-state index >= 15 is 0 Å². The second kappa shape index (κ2) is 6.04. The monoisotopic (exact) mass is 279 g/mol. The Morgan fingerprint density at radius 3 is 2.53 bits per heavy atom. The highest BCUT2D eigenvalue weighted by atomic mass is 35.5. The molecule has 0 aliphatic heterocycles. The Balaban J connectivity index is 2.54. The Morgan fingerprint density at radius 2 is 1.89 bits per heavy atom. The van der Waals surface area contributed by atoms with Crippen LogP contribution in [-0.4, -0.2) is 14.2 Å². The first-order valence-corrected chi connectivity index (χ1v) is 6.30. The summed E-state index contributed by atoms with van der Waals surface area (Å²) in [5, 5.41) is 3.69. The zero-order valence-electron chi connectivity index (χ0n) is 10.8. The van der Waals surface area contributed by atoms with Crippen LogP contribution in [0, 0.1) is 5.82 Å². The smallest absolute Gasteiger partial charge is 0.128 e. The summed E-state index contributed by atoms with van der Waals surface area (Å²) < 4.78 is 19.3. The second-order valence-corrected chi connectivity index (χ2v) is 4.57. The maximum absolute atomic E-state index is 13.9. The van der Waals surface area contributed by atoms with Crippen molar-refractivity contribution in [2.75, 3.05) is 14.2 Å². The molecule has 0 bridgehead atoms. The van der Waals surface area contributed by atoms with E-state index in [2.05, 4.69) is 5.32 Å². The second-order valence-electron chi connectivity index (χ2n) is 4.13. The largest absolute Gasteiger partial charge is 0.496 e. The van der Waals surface area contributed by atoms with Gasteiger partial charge in [0.05, 0.1) is 13.2 Å². The van der Waals surface area contributed by atoms with Crippen molar-refractivity contribution < 1.29 is 9.13 Å². The van der Waals surface area contributed by atoms with E-state index in [0.717, 1.165) is 5.56 Å². The average molecular weight is 280 g/mol. The predicted molar refractivity (Wildman–Crippen MR) is 75.3 cm³/mol. The van der Waals surface area contributed by atoms with Gasteiger partial charge in [-0.3, -0.25) is 0 Å². The van der Waals surface area contributed by atoms with Gasteiger partial charge < -0.3 is 10.1 Å². The van der Waals surface area contributed by atoms with Crippen LogP contribution in [0.5, 0.6) is 5.75 Å². The Hall–Kier alpha value is -1.58. The fraction of sp³-hybridized carbons (Fsp3) is 0.200. The molecular formula is C15H15ClFNO. The molecule has 0 aliphatic carbocycles. The van der Waals surface area contributed by atoms with Gasteiger partial charge in [-0.2, -0.15) is 0 Å². The summed E-state index contributed by atoms with van der Waals surface area (Å²) in [6.07, 6.45) is 0. The van der Waals surface area contributed by atoms with Crippen LogP contribution in [0.15, 0.2) is 42.5 Å². The van der Waals surface area contributed by atoms with Gasteiger partial charge in [-0.05, 0) is 31.3 Å². The Labute approximate surface area is 117 Å². The molecular weight excluding hydrogens is 265 g/mol. The molecule has 0 saturated heterocycles. The predicted octanol–water partition coefficient (Wildman–Crippen LogP) is 3.80. The molecule has 100 valence electrons. The highest BCUT2D eigenvalue weighted by molar-refractivity contribution is 6.30. The van der Waals surface area contributed by atoms with Crippen molar-refractivity contribution in [2.24, 2.45) is 0 Å². The standard InChI is InChI=1S/C15H15ClFNO/c1-18-15(11-5-3-4-6-13(11)17)12-9-10(16)7-8-14(12)19-2/h3-9,15,18H,1-2H3. The van der Waals surface area contributed by atoms with E-state index in [9.17, 15) is 4.39 Å². The number of hydrogen-bond donors (Lipinski definition) is 1. The number of hydrogen-bond acceptors (Lipinski definition) is 2. The number of rotatable bonds is 4. The van der Waals surface area contributed by atoms with Gasteiger partial charge >= 0.3 is 0 Å². The zero-order chi connectivity index (χ0) is 13.8. The summed E-state index contributed by atoms with van der Waals surface area (Å²) in [6.45, 7) is 0. The first-order valence-electron chi connectivity index (χ1n) is 5.92. The Morgan fingerprint density at radius 1 is 1.16 bits per heavy atom. The van der Waals surface area contributed by atoms with Crippen LogP contribution in [0.3, 0.4) is 0 Å². The number of benzene rings is 2. The van der Waals surface area contributed by atoms with Crippen LogP contribution in [0.1, 0.15) is 17.2 Å². The highest BCUT2D eigenvalue weighted by Gasteiger charge is 2.19. The first-order chi connectivity index (χ1) is 9.17. The fourth-order valence-corrected chi connectivity index (χ4v) is 2.30. The summed E-state index contributed by atoms with van der Waals surface area (Å²) in [6, 6.07) is 11.7. The molecule has 2 aromatic rings. The molecule has 0 heterocycles.